The predicted molar refractivity (Wildman–Crippen MR) is 63.1 cm³/mol. The van der Waals surface area contributed by atoms with Gasteiger partial charge in [-0.1, -0.05) is 6.92 Å². The van der Waals surface area contributed by atoms with Crippen LogP contribution >= 0.6 is 0 Å². The molecule has 1 atom stereocenters. The van der Waals surface area contributed by atoms with Crippen molar-refractivity contribution in [3.63, 3.8) is 0 Å². The number of carbonyl (C=O) groups is 2. The van der Waals surface area contributed by atoms with Crippen LogP contribution in [0.1, 0.15) is 34.1 Å². The molecule has 0 radical (unpaired) electrons. The Labute approximate surface area is 106 Å². The van der Waals surface area contributed by atoms with Gasteiger partial charge in [-0.2, -0.15) is 13.1 Å². The number of nitrogens with one attached hydrogen (secondary N) is 2. The summed E-state index contributed by atoms with van der Waals surface area (Å²) in [7, 11) is -4.30. The number of hydrogen-bond acceptors (Lipinski definition) is 5. The van der Waals surface area contributed by atoms with E-state index in [0.717, 1.165) is 0 Å². The molecule has 0 aliphatic heterocycles. The first-order valence-electron chi connectivity index (χ1n) is 5.28. The Morgan fingerprint density at radius 2 is 1.89 bits per heavy atom. The van der Waals surface area contributed by atoms with Crippen LogP contribution < -0.4 is 9.44 Å². The fourth-order valence-electron chi connectivity index (χ4n) is 0.937. The highest BCUT2D eigenvalue weighted by Crippen LogP contribution is 2.10. The van der Waals surface area contributed by atoms with Gasteiger partial charge in [0.2, 0.25) is 0 Å². The summed E-state index contributed by atoms with van der Waals surface area (Å²) >= 11 is 0. The van der Waals surface area contributed by atoms with Crippen molar-refractivity contribution in [2.75, 3.05) is 0 Å². The Hall–Kier alpha value is -1.35. The maximum absolute atomic E-state index is 11.5. The summed E-state index contributed by atoms with van der Waals surface area (Å²) in [6.45, 7) is 5.80. The van der Waals surface area contributed by atoms with Crippen molar-refractivity contribution in [3.05, 3.63) is 0 Å². The topological polar surface area (TPSA) is 122 Å². The van der Waals surface area contributed by atoms with E-state index in [1.165, 1.54) is 13.8 Å². The number of carboxylic acid groups (broad SMARTS) is 1. The standard InChI is InChI=1S/C9H18N2O6S/c1-5-9(4,7(12)13)11-18(15,16)10-8(14)17-6(2)3/h6,11H,5H2,1-4H3,(H,10,14)(H,12,13). The number of carboxylic acids is 1. The minimum Gasteiger partial charge on any atom is -0.480 e. The van der Waals surface area contributed by atoms with E-state index in [4.69, 9.17) is 5.11 Å². The maximum atomic E-state index is 11.5. The third-order valence-electron chi connectivity index (χ3n) is 2.10. The zero-order valence-electron chi connectivity index (χ0n) is 10.7. The van der Waals surface area contributed by atoms with Crippen molar-refractivity contribution in [2.24, 2.45) is 0 Å². The van der Waals surface area contributed by atoms with E-state index < -0.39 is 33.9 Å². The van der Waals surface area contributed by atoms with Gasteiger partial charge in [0.25, 0.3) is 0 Å². The number of ether oxygens (including phenoxy) is 1. The molecular weight excluding hydrogens is 264 g/mol. The average molecular weight is 282 g/mol. The molecule has 1 unspecified atom stereocenters. The number of hydrogen-bond donors (Lipinski definition) is 3. The molecule has 1 amide bonds. The second kappa shape index (κ2) is 6.01. The van der Waals surface area contributed by atoms with Gasteiger partial charge >= 0.3 is 22.3 Å². The number of amides is 1. The lowest BCUT2D eigenvalue weighted by molar-refractivity contribution is -0.143. The molecule has 3 N–H and O–H groups in total. The fraction of sp³-hybridized carbons (Fsp3) is 0.778. The summed E-state index contributed by atoms with van der Waals surface area (Å²) in [5.41, 5.74) is -1.69. The lowest BCUT2D eigenvalue weighted by Crippen LogP contribution is -2.56. The van der Waals surface area contributed by atoms with Gasteiger partial charge in [-0.05, 0) is 27.2 Å². The van der Waals surface area contributed by atoms with E-state index in [1.807, 2.05) is 4.72 Å². The summed E-state index contributed by atoms with van der Waals surface area (Å²) in [6, 6.07) is 0. The van der Waals surface area contributed by atoms with Crippen LogP contribution in [0.3, 0.4) is 0 Å². The minimum atomic E-state index is -4.30. The van der Waals surface area contributed by atoms with E-state index in [0.29, 0.717) is 0 Å². The second-order valence-electron chi connectivity index (χ2n) is 4.15. The molecule has 0 saturated heterocycles. The van der Waals surface area contributed by atoms with Crippen LogP contribution in [-0.2, 0) is 19.7 Å². The van der Waals surface area contributed by atoms with Gasteiger partial charge in [0.1, 0.15) is 5.54 Å². The first-order chi connectivity index (χ1) is 8.02. The maximum Gasteiger partial charge on any atom is 0.422 e. The van der Waals surface area contributed by atoms with E-state index in [2.05, 4.69) is 4.74 Å². The third-order valence-corrected chi connectivity index (χ3v) is 3.25. The van der Waals surface area contributed by atoms with Crippen molar-refractivity contribution in [1.82, 2.24) is 9.44 Å². The second-order valence-corrected chi connectivity index (χ2v) is 5.57. The van der Waals surface area contributed by atoms with Crippen molar-refractivity contribution in [1.29, 1.82) is 0 Å². The van der Waals surface area contributed by atoms with Crippen molar-refractivity contribution in [2.45, 2.75) is 45.8 Å². The molecule has 0 bridgehead atoms. The summed E-state index contributed by atoms with van der Waals surface area (Å²) in [5.74, 6) is -1.34. The van der Waals surface area contributed by atoms with E-state index in [9.17, 15) is 18.0 Å². The molecule has 0 aromatic heterocycles. The lowest BCUT2D eigenvalue weighted by atomic mass is 10.0. The molecule has 0 saturated carbocycles. The Morgan fingerprint density at radius 1 is 1.39 bits per heavy atom. The third kappa shape index (κ3) is 5.32. The molecule has 0 spiro atoms. The predicted octanol–water partition coefficient (Wildman–Crippen LogP) is 0.209. The molecule has 0 heterocycles. The van der Waals surface area contributed by atoms with Gasteiger partial charge in [-0.15, -0.1) is 0 Å². The smallest absolute Gasteiger partial charge is 0.422 e. The molecule has 0 aromatic carbocycles. The van der Waals surface area contributed by atoms with Gasteiger partial charge in [-0.3, -0.25) is 4.79 Å². The number of aliphatic carboxylic acids is 1. The van der Waals surface area contributed by atoms with Crippen LogP contribution in [0, 0.1) is 0 Å². The summed E-state index contributed by atoms with van der Waals surface area (Å²) in [4.78, 5) is 22.0. The SMILES string of the molecule is CCC(C)(NS(=O)(=O)NC(=O)OC(C)C)C(=O)O. The van der Waals surface area contributed by atoms with E-state index in [-0.39, 0.29) is 6.42 Å². The van der Waals surface area contributed by atoms with Gasteiger partial charge in [0.05, 0.1) is 6.10 Å². The molecular formula is C9H18N2O6S. The molecule has 0 aromatic rings. The fourth-order valence-corrected chi connectivity index (χ4v) is 2.08. The highest BCUT2D eigenvalue weighted by atomic mass is 32.2. The number of rotatable bonds is 6. The Kier molecular flexibility index (Phi) is 5.55. The van der Waals surface area contributed by atoms with E-state index in [1.54, 1.807) is 18.6 Å². The van der Waals surface area contributed by atoms with Crippen molar-refractivity contribution < 1.29 is 27.9 Å². The van der Waals surface area contributed by atoms with Gasteiger partial charge in [-0.25, -0.2) is 9.52 Å². The quantitative estimate of drug-likeness (QED) is 0.640. The first-order valence-corrected chi connectivity index (χ1v) is 6.76. The van der Waals surface area contributed by atoms with Crippen LogP contribution in [0.15, 0.2) is 0 Å². The Morgan fingerprint density at radius 3 is 2.22 bits per heavy atom. The zero-order chi connectivity index (χ0) is 14.6. The molecule has 0 rings (SSSR count). The normalized spacial score (nSPS) is 14.9. The summed E-state index contributed by atoms with van der Waals surface area (Å²) in [6.07, 6.45) is -1.64. The molecule has 0 fully saturated rings. The molecule has 106 valence electrons. The molecule has 18 heavy (non-hydrogen) atoms. The monoisotopic (exact) mass is 282 g/mol. The highest BCUT2D eigenvalue weighted by molar-refractivity contribution is 7.88. The van der Waals surface area contributed by atoms with Crippen LogP contribution in [0.4, 0.5) is 4.79 Å². The molecule has 0 aliphatic carbocycles. The van der Waals surface area contributed by atoms with Crippen LogP contribution in [-0.4, -0.2) is 37.2 Å². The highest BCUT2D eigenvalue weighted by Gasteiger charge is 2.36. The summed E-state index contributed by atoms with van der Waals surface area (Å²) in [5, 5.41) is 8.90. The lowest BCUT2D eigenvalue weighted by Gasteiger charge is -2.24. The van der Waals surface area contributed by atoms with Crippen LogP contribution in [0.5, 0.6) is 0 Å². The van der Waals surface area contributed by atoms with Crippen molar-refractivity contribution >= 4 is 22.3 Å². The van der Waals surface area contributed by atoms with Gasteiger partial charge in [0.15, 0.2) is 0 Å². The van der Waals surface area contributed by atoms with Crippen molar-refractivity contribution in [3.8, 4) is 0 Å². The van der Waals surface area contributed by atoms with E-state index >= 15 is 0 Å². The van der Waals surface area contributed by atoms with Crippen LogP contribution in [0.25, 0.3) is 0 Å². The summed E-state index contributed by atoms with van der Waals surface area (Å²) < 4.78 is 31.1. The van der Waals surface area contributed by atoms with Crippen LogP contribution in [0.2, 0.25) is 0 Å². The molecule has 0 aliphatic rings. The largest absolute Gasteiger partial charge is 0.480 e. The molecule has 8 nitrogen and oxygen atoms in total. The molecule has 9 heteroatoms. The number of carbonyl (C=O) groups excluding carboxylic acids is 1. The zero-order valence-corrected chi connectivity index (χ0v) is 11.5. The van der Waals surface area contributed by atoms with Gasteiger partial charge < -0.3 is 9.84 Å². The Bertz CT molecular complexity index is 419. The average Bonchev–Trinajstić information content (AvgIpc) is 2.13. The first kappa shape index (κ1) is 16.6. The minimum absolute atomic E-state index is 0.0163. The Balaban J connectivity index is 4.76. The van der Waals surface area contributed by atoms with Gasteiger partial charge in [0, 0.05) is 0 Å².